The van der Waals surface area contributed by atoms with Crippen LogP contribution in [0.25, 0.3) is 0 Å². The summed E-state index contributed by atoms with van der Waals surface area (Å²) in [4.78, 5) is 0. The number of hydrogen-bond acceptors (Lipinski definition) is 2. The topological polar surface area (TPSA) is 46.2 Å². The summed E-state index contributed by atoms with van der Waals surface area (Å²) in [5.74, 6) is 0. The van der Waals surface area contributed by atoms with Crippen molar-refractivity contribution in [1.29, 1.82) is 0 Å². The van der Waals surface area contributed by atoms with Crippen molar-refractivity contribution in [3.63, 3.8) is 0 Å². The van der Waals surface area contributed by atoms with Crippen LogP contribution in [0.4, 0.5) is 0 Å². The Morgan fingerprint density at radius 3 is 2.29 bits per heavy atom. The number of benzene rings is 1. The SMILES string of the molecule is CC.NC(CCCO)c1ccccc1. The highest BCUT2D eigenvalue weighted by Gasteiger charge is 2.03. The summed E-state index contributed by atoms with van der Waals surface area (Å²) in [6.45, 7) is 4.22. The molecule has 0 aliphatic carbocycles. The highest BCUT2D eigenvalue weighted by atomic mass is 16.2. The summed E-state index contributed by atoms with van der Waals surface area (Å²) in [5, 5.41) is 8.61. The smallest absolute Gasteiger partial charge is 0.0431 e. The molecular weight excluding hydrogens is 174 g/mol. The molecule has 0 saturated heterocycles. The molecule has 2 nitrogen and oxygen atoms in total. The zero-order chi connectivity index (χ0) is 10.8. The van der Waals surface area contributed by atoms with Gasteiger partial charge in [-0.2, -0.15) is 0 Å². The van der Waals surface area contributed by atoms with Crippen molar-refractivity contribution in [2.24, 2.45) is 5.73 Å². The number of rotatable bonds is 4. The molecule has 0 heterocycles. The average molecular weight is 195 g/mol. The van der Waals surface area contributed by atoms with Crippen molar-refractivity contribution in [2.75, 3.05) is 6.61 Å². The van der Waals surface area contributed by atoms with Gasteiger partial charge in [-0.1, -0.05) is 44.2 Å². The molecule has 14 heavy (non-hydrogen) atoms. The maximum Gasteiger partial charge on any atom is 0.0431 e. The molecule has 0 aliphatic heterocycles. The van der Waals surface area contributed by atoms with Crippen LogP contribution in [0.5, 0.6) is 0 Å². The highest BCUT2D eigenvalue weighted by molar-refractivity contribution is 5.18. The molecule has 0 spiro atoms. The minimum absolute atomic E-state index is 0.0679. The second kappa shape index (κ2) is 8.73. The van der Waals surface area contributed by atoms with E-state index >= 15 is 0 Å². The summed E-state index contributed by atoms with van der Waals surface area (Å²) < 4.78 is 0. The van der Waals surface area contributed by atoms with E-state index in [0.29, 0.717) is 0 Å². The molecule has 0 amide bonds. The van der Waals surface area contributed by atoms with Gasteiger partial charge in [0.2, 0.25) is 0 Å². The van der Waals surface area contributed by atoms with E-state index in [1.165, 1.54) is 0 Å². The van der Waals surface area contributed by atoms with Gasteiger partial charge in [0.1, 0.15) is 0 Å². The molecule has 80 valence electrons. The fraction of sp³-hybridized carbons (Fsp3) is 0.500. The van der Waals surface area contributed by atoms with Crippen LogP contribution in [-0.4, -0.2) is 11.7 Å². The van der Waals surface area contributed by atoms with Gasteiger partial charge in [-0.3, -0.25) is 0 Å². The van der Waals surface area contributed by atoms with Crippen LogP contribution in [0.15, 0.2) is 30.3 Å². The van der Waals surface area contributed by atoms with E-state index in [2.05, 4.69) is 0 Å². The first-order valence-corrected chi connectivity index (χ1v) is 5.26. The molecule has 0 bridgehead atoms. The standard InChI is InChI=1S/C10H15NO.C2H6/c11-10(7-4-8-12)9-5-2-1-3-6-9;1-2/h1-3,5-6,10,12H,4,7-8,11H2;1-2H3. The van der Waals surface area contributed by atoms with E-state index in [9.17, 15) is 0 Å². The van der Waals surface area contributed by atoms with Crippen molar-refractivity contribution in [3.8, 4) is 0 Å². The number of nitrogens with two attached hydrogens (primary N) is 1. The Balaban J connectivity index is 0.000000791. The van der Waals surface area contributed by atoms with E-state index in [4.69, 9.17) is 10.8 Å². The molecule has 2 heteroatoms. The van der Waals surface area contributed by atoms with Gasteiger partial charge in [0.25, 0.3) is 0 Å². The molecule has 0 fully saturated rings. The Kier molecular flexibility index (Phi) is 8.19. The van der Waals surface area contributed by atoms with Crippen molar-refractivity contribution >= 4 is 0 Å². The Labute approximate surface area is 86.8 Å². The second-order valence-corrected chi connectivity index (χ2v) is 2.88. The molecule has 1 rings (SSSR count). The lowest BCUT2D eigenvalue weighted by molar-refractivity contribution is 0.280. The number of aliphatic hydroxyl groups is 1. The molecule has 1 unspecified atom stereocenters. The first-order chi connectivity index (χ1) is 6.84. The molecular formula is C12H21NO. The summed E-state index contributed by atoms with van der Waals surface area (Å²) in [7, 11) is 0. The zero-order valence-corrected chi connectivity index (χ0v) is 9.11. The fourth-order valence-electron chi connectivity index (χ4n) is 1.18. The van der Waals surface area contributed by atoms with E-state index < -0.39 is 0 Å². The maximum atomic E-state index is 8.61. The lowest BCUT2D eigenvalue weighted by Gasteiger charge is -2.10. The van der Waals surface area contributed by atoms with Crippen molar-refractivity contribution in [3.05, 3.63) is 35.9 Å². The van der Waals surface area contributed by atoms with Gasteiger partial charge in [-0.05, 0) is 18.4 Å². The third kappa shape index (κ3) is 5.00. The number of hydrogen-bond donors (Lipinski definition) is 2. The predicted octanol–water partition coefficient (Wildman–Crippen LogP) is 2.49. The van der Waals surface area contributed by atoms with Crippen LogP contribution in [0, 0.1) is 0 Å². The molecule has 1 aromatic rings. The average Bonchev–Trinajstić information content (AvgIpc) is 2.30. The van der Waals surface area contributed by atoms with Crippen LogP contribution in [0.3, 0.4) is 0 Å². The zero-order valence-electron chi connectivity index (χ0n) is 9.11. The highest BCUT2D eigenvalue weighted by Crippen LogP contribution is 2.14. The largest absolute Gasteiger partial charge is 0.396 e. The van der Waals surface area contributed by atoms with Crippen molar-refractivity contribution in [1.82, 2.24) is 0 Å². The first-order valence-electron chi connectivity index (χ1n) is 5.26. The van der Waals surface area contributed by atoms with Crippen LogP contribution >= 0.6 is 0 Å². The molecule has 0 saturated carbocycles. The Bertz CT molecular complexity index is 211. The maximum absolute atomic E-state index is 8.61. The lowest BCUT2D eigenvalue weighted by atomic mass is 10.0. The van der Waals surface area contributed by atoms with E-state index in [0.717, 1.165) is 18.4 Å². The molecule has 0 radical (unpaired) electrons. The molecule has 1 atom stereocenters. The van der Waals surface area contributed by atoms with Gasteiger partial charge in [0.05, 0.1) is 0 Å². The van der Waals surface area contributed by atoms with Gasteiger partial charge in [0.15, 0.2) is 0 Å². The van der Waals surface area contributed by atoms with Crippen molar-refractivity contribution in [2.45, 2.75) is 32.7 Å². The van der Waals surface area contributed by atoms with E-state index in [-0.39, 0.29) is 12.6 Å². The van der Waals surface area contributed by atoms with Gasteiger partial charge in [-0.15, -0.1) is 0 Å². The Morgan fingerprint density at radius 2 is 1.79 bits per heavy atom. The normalized spacial score (nSPS) is 11.4. The summed E-state index contributed by atoms with van der Waals surface area (Å²) in [6.07, 6.45) is 1.62. The van der Waals surface area contributed by atoms with Crippen molar-refractivity contribution < 1.29 is 5.11 Å². The second-order valence-electron chi connectivity index (χ2n) is 2.88. The minimum Gasteiger partial charge on any atom is -0.396 e. The molecule has 0 aromatic heterocycles. The molecule has 1 aromatic carbocycles. The first kappa shape index (κ1) is 13.1. The number of aliphatic hydroxyl groups excluding tert-OH is 1. The fourth-order valence-corrected chi connectivity index (χ4v) is 1.18. The summed E-state index contributed by atoms with van der Waals surface area (Å²) in [6, 6.07) is 10.0. The minimum atomic E-state index is 0.0679. The van der Waals surface area contributed by atoms with Gasteiger partial charge in [0, 0.05) is 12.6 Å². The van der Waals surface area contributed by atoms with Crippen LogP contribution < -0.4 is 5.73 Å². The molecule has 3 N–H and O–H groups in total. The quantitative estimate of drug-likeness (QED) is 0.775. The third-order valence-corrected chi connectivity index (χ3v) is 1.90. The Hall–Kier alpha value is -0.860. The van der Waals surface area contributed by atoms with Crippen LogP contribution in [0.1, 0.15) is 38.3 Å². The monoisotopic (exact) mass is 195 g/mol. The van der Waals surface area contributed by atoms with E-state index in [1.54, 1.807) is 0 Å². The van der Waals surface area contributed by atoms with Gasteiger partial charge >= 0.3 is 0 Å². The summed E-state index contributed by atoms with van der Waals surface area (Å²) >= 11 is 0. The Morgan fingerprint density at radius 1 is 1.21 bits per heavy atom. The lowest BCUT2D eigenvalue weighted by Crippen LogP contribution is -2.10. The summed E-state index contributed by atoms with van der Waals surface area (Å²) in [5.41, 5.74) is 7.01. The van der Waals surface area contributed by atoms with Gasteiger partial charge < -0.3 is 10.8 Å². The van der Waals surface area contributed by atoms with E-state index in [1.807, 2.05) is 44.2 Å². The van der Waals surface area contributed by atoms with Gasteiger partial charge in [-0.25, -0.2) is 0 Å². The predicted molar refractivity (Wildman–Crippen MR) is 61.0 cm³/mol. The van der Waals surface area contributed by atoms with Crippen LogP contribution in [-0.2, 0) is 0 Å². The third-order valence-electron chi connectivity index (χ3n) is 1.90. The molecule has 0 aliphatic rings. The van der Waals surface area contributed by atoms with Crippen LogP contribution in [0.2, 0.25) is 0 Å².